The van der Waals surface area contributed by atoms with Gasteiger partial charge in [0.25, 0.3) is 0 Å². The lowest BCUT2D eigenvalue weighted by atomic mass is 9.94. The van der Waals surface area contributed by atoms with Gasteiger partial charge in [0.15, 0.2) is 0 Å². The molecule has 0 radical (unpaired) electrons. The van der Waals surface area contributed by atoms with E-state index in [0.29, 0.717) is 32.7 Å². The number of piperazine rings is 1. The Morgan fingerprint density at radius 1 is 0.964 bits per heavy atom. The average molecular weight is 380 g/mol. The van der Waals surface area contributed by atoms with Crippen molar-refractivity contribution in [1.82, 2.24) is 15.1 Å². The molecule has 2 heterocycles. The van der Waals surface area contributed by atoms with Gasteiger partial charge >= 0.3 is 0 Å². The van der Waals surface area contributed by atoms with E-state index in [1.165, 1.54) is 11.1 Å². The van der Waals surface area contributed by atoms with Crippen LogP contribution < -0.4 is 5.32 Å². The average Bonchev–Trinajstić information content (AvgIpc) is 2.77. The second kappa shape index (κ2) is 9.32. The third kappa shape index (κ3) is 4.43. The highest BCUT2D eigenvalue weighted by Crippen LogP contribution is 2.31. The van der Waals surface area contributed by atoms with Gasteiger partial charge in [-0.3, -0.25) is 9.69 Å². The summed E-state index contributed by atoms with van der Waals surface area (Å²) in [6.07, 6.45) is 0.545. The molecule has 2 aliphatic heterocycles. The number of carbonyl (C=O) groups is 1. The van der Waals surface area contributed by atoms with E-state index in [-0.39, 0.29) is 18.0 Å². The van der Waals surface area contributed by atoms with Crippen molar-refractivity contribution in [2.75, 3.05) is 45.9 Å². The standard InChI is InChI=1S/C23H29N3O2/c27-22(25-13-15-28-16-14-25)17-21-18-24-11-12-26(21)23(19-7-3-1-4-8-19)20-9-5-2-6-10-20/h1-10,21,23-24H,11-18H2/t21-/m1/s1. The zero-order chi connectivity index (χ0) is 19.2. The van der Waals surface area contributed by atoms with E-state index < -0.39 is 0 Å². The summed E-state index contributed by atoms with van der Waals surface area (Å²) in [5, 5.41) is 3.49. The molecule has 5 heteroatoms. The van der Waals surface area contributed by atoms with Gasteiger partial charge in [-0.15, -0.1) is 0 Å². The van der Waals surface area contributed by atoms with Crippen LogP contribution in [0.3, 0.4) is 0 Å². The minimum atomic E-state index is 0.159. The second-order valence-electron chi connectivity index (χ2n) is 7.52. The first-order valence-corrected chi connectivity index (χ1v) is 10.2. The van der Waals surface area contributed by atoms with Gasteiger partial charge in [-0.25, -0.2) is 0 Å². The first-order valence-electron chi connectivity index (χ1n) is 10.2. The zero-order valence-electron chi connectivity index (χ0n) is 16.3. The largest absolute Gasteiger partial charge is 0.378 e. The molecule has 2 aromatic carbocycles. The van der Waals surface area contributed by atoms with Crippen molar-refractivity contribution in [2.24, 2.45) is 0 Å². The number of amides is 1. The van der Waals surface area contributed by atoms with Crippen LogP contribution in [-0.4, -0.2) is 67.7 Å². The van der Waals surface area contributed by atoms with Gasteiger partial charge in [-0.2, -0.15) is 0 Å². The fourth-order valence-corrected chi connectivity index (χ4v) is 4.30. The first kappa shape index (κ1) is 19.1. The molecule has 0 spiro atoms. The molecule has 0 aliphatic carbocycles. The van der Waals surface area contributed by atoms with Crippen LogP contribution in [-0.2, 0) is 9.53 Å². The third-order valence-electron chi connectivity index (χ3n) is 5.73. The van der Waals surface area contributed by atoms with E-state index in [0.717, 1.165) is 19.6 Å². The van der Waals surface area contributed by atoms with E-state index in [9.17, 15) is 4.79 Å². The Bertz CT molecular complexity index is 707. The predicted octanol–water partition coefficient (Wildman–Crippen LogP) is 2.30. The second-order valence-corrected chi connectivity index (χ2v) is 7.52. The summed E-state index contributed by atoms with van der Waals surface area (Å²) >= 11 is 0. The van der Waals surface area contributed by atoms with Gasteiger partial charge in [0.2, 0.25) is 5.91 Å². The van der Waals surface area contributed by atoms with E-state index >= 15 is 0 Å². The predicted molar refractivity (Wildman–Crippen MR) is 110 cm³/mol. The highest BCUT2D eigenvalue weighted by molar-refractivity contribution is 5.77. The van der Waals surface area contributed by atoms with E-state index in [2.05, 4.69) is 70.9 Å². The normalized spacial score (nSPS) is 21.0. The van der Waals surface area contributed by atoms with Crippen molar-refractivity contribution >= 4 is 5.91 Å². The number of nitrogens with one attached hydrogen (secondary N) is 1. The van der Waals surface area contributed by atoms with Crippen molar-refractivity contribution in [3.05, 3.63) is 71.8 Å². The van der Waals surface area contributed by atoms with Crippen LogP contribution in [0.1, 0.15) is 23.6 Å². The molecule has 2 aromatic rings. The lowest BCUT2D eigenvalue weighted by molar-refractivity contribution is -0.137. The first-order chi connectivity index (χ1) is 13.8. The number of hydrogen-bond acceptors (Lipinski definition) is 4. The Balaban J connectivity index is 1.59. The molecule has 4 rings (SSSR count). The van der Waals surface area contributed by atoms with Crippen LogP contribution >= 0.6 is 0 Å². The Morgan fingerprint density at radius 2 is 1.57 bits per heavy atom. The van der Waals surface area contributed by atoms with Crippen LogP contribution in [0.2, 0.25) is 0 Å². The smallest absolute Gasteiger partial charge is 0.224 e. The van der Waals surface area contributed by atoms with Crippen molar-refractivity contribution in [2.45, 2.75) is 18.5 Å². The van der Waals surface area contributed by atoms with Crippen LogP contribution in [0.15, 0.2) is 60.7 Å². The zero-order valence-corrected chi connectivity index (χ0v) is 16.3. The lowest BCUT2D eigenvalue weighted by Crippen LogP contribution is -2.54. The number of carbonyl (C=O) groups excluding carboxylic acids is 1. The molecule has 2 saturated heterocycles. The Labute approximate surface area is 167 Å². The van der Waals surface area contributed by atoms with Crippen molar-refractivity contribution in [1.29, 1.82) is 0 Å². The summed E-state index contributed by atoms with van der Waals surface area (Å²) in [6.45, 7) is 5.42. The molecule has 1 amide bonds. The number of hydrogen-bond donors (Lipinski definition) is 1. The molecular weight excluding hydrogens is 350 g/mol. The summed E-state index contributed by atoms with van der Waals surface area (Å²) < 4.78 is 5.40. The quantitative estimate of drug-likeness (QED) is 0.866. The highest BCUT2D eigenvalue weighted by atomic mass is 16.5. The molecule has 0 bridgehead atoms. The topological polar surface area (TPSA) is 44.8 Å². The number of morpholine rings is 1. The molecule has 1 atom stereocenters. The molecule has 2 fully saturated rings. The van der Waals surface area contributed by atoms with Crippen LogP contribution in [0, 0.1) is 0 Å². The molecule has 1 N–H and O–H groups in total. The summed E-state index contributed by atoms with van der Waals surface area (Å²) in [5.41, 5.74) is 2.55. The van der Waals surface area contributed by atoms with Crippen molar-refractivity contribution < 1.29 is 9.53 Å². The molecule has 2 aliphatic rings. The third-order valence-corrected chi connectivity index (χ3v) is 5.73. The summed E-state index contributed by atoms with van der Waals surface area (Å²) in [6, 6.07) is 21.6. The monoisotopic (exact) mass is 379 g/mol. The summed E-state index contributed by atoms with van der Waals surface area (Å²) in [5.74, 6) is 0.238. The van der Waals surface area contributed by atoms with Crippen LogP contribution in [0.25, 0.3) is 0 Å². The van der Waals surface area contributed by atoms with Gasteiger partial charge in [0.1, 0.15) is 0 Å². The maximum atomic E-state index is 12.9. The minimum Gasteiger partial charge on any atom is -0.378 e. The molecule has 148 valence electrons. The Morgan fingerprint density at radius 3 is 2.18 bits per heavy atom. The number of rotatable bonds is 5. The Kier molecular flexibility index (Phi) is 6.37. The van der Waals surface area contributed by atoms with Crippen LogP contribution in [0.5, 0.6) is 0 Å². The van der Waals surface area contributed by atoms with Gasteiger partial charge in [-0.05, 0) is 11.1 Å². The van der Waals surface area contributed by atoms with E-state index in [4.69, 9.17) is 4.74 Å². The molecule has 0 aromatic heterocycles. The summed E-state index contributed by atoms with van der Waals surface area (Å²) in [4.78, 5) is 17.4. The van der Waals surface area contributed by atoms with E-state index in [1.54, 1.807) is 0 Å². The fourth-order valence-electron chi connectivity index (χ4n) is 4.30. The number of nitrogens with zero attached hydrogens (tertiary/aromatic N) is 2. The maximum Gasteiger partial charge on any atom is 0.224 e. The van der Waals surface area contributed by atoms with Gasteiger partial charge in [0, 0.05) is 45.2 Å². The Hall–Kier alpha value is -2.21. The number of ether oxygens (including phenoxy) is 1. The maximum absolute atomic E-state index is 12.9. The SMILES string of the molecule is O=C(C[C@@H]1CNCCN1C(c1ccccc1)c1ccccc1)N1CCOCC1. The van der Waals surface area contributed by atoms with Crippen molar-refractivity contribution in [3.8, 4) is 0 Å². The highest BCUT2D eigenvalue weighted by Gasteiger charge is 2.33. The fraction of sp³-hybridized carbons (Fsp3) is 0.435. The van der Waals surface area contributed by atoms with Gasteiger partial charge in [0.05, 0.1) is 19.3 Å². The molecule has 28 heavy (non-hydrogen) atoms. The van der Waals surface area contributed by atoms with E-state index in [1.807, 2.05) is 4.90 Å². The van der Waals surface area contributed by atoms with Crippen molar-refractivity contribution in [3.63, 3.8) is 0 Å². The van der Waals surface area contributed by atoms with Crippen LogP contribution in [0.4, 0.5) is 0 Å². The lowest BCUT2D eigenvalue weighted by Gasteiger charge is -2.42. The van der Waals surface area contributed by atoms with Gasteiger partial charge < -0.3 is 15.0 Å². The number of benzene rings is 2. The van der Waals surface area contributed by atoms with Gasteiger partial charge in [-0.1, -0.05) is 60.7 Å². The minimum absolute atomic E-state index is 0.159. The molecule has 0 saturated carbocycles. The molecule has 0 unspecified atom stereocenters. The summed E-state index contributed by atoms with van der Waals surface area (Å²) in [7, 11) is 0. The molecule has 5 nitrogen and oxygen atoms in total. The molecular formula is C23H29N3O2.